The minimum atomic E-state index is -0.386. The zero-order valence-corrected chi connectivity index (χ0v) is 11.8. The predicted octanol–water partition coefficient (Wildman–Crippen LogP) is 1.87. The fourth-order valence-electron chi connectivity index (χ4n) is 3.03. The van der Waals surface area contributed by atoms with Crippen LogP contribution >= 0.6 is 0 Å². The van der Waals surface area contributed by atoms with Gasteiger partial charge < -0.3 is 19.7 Å². The Hall–Kier alpha value is -2.01. The van der Waals surface area contributed by atoms with Crippen LogP contribution in [0.2, 0.25) is 0 Å². The van der Waals surface area contributed by atoms with Crippen molar-refractivity contribution in [3.05, 3.63) is 30.0 Å². The largest absolute Gasteiger partial charge is 0.504 e. The molecular weight excluding hydrogens is 272 g/mol. The minimum Gasteiger partial charge on any atom is -0.504 e. The lowest BCUT2D eigenvalue weighted by atomic mass is 9.78. The molecule has 5 nitrogen and oxygen atoms in total. The summed E-state index contributed by atoms with van der Waals surface area (Å²) in [5, 5.41) is 19.3. The first kappa shape index (κ1) is 13.9. The smallest absolute Gasteiger partial charge is 0.173 e. The van der Waals surface area contributed by atoms with Crippen LogP contribution in [0, 0.1) is 5.92 Å². The number of phenolic OH excluding ortho intramolecular Hbond substituents is 1. The SMILES string of the molecule is COc1cc(C2=COC3CC(O)CCC3C2=O)ccc1O. The minimum absolute atomic E-state index is 0.0321. The van der Waals surface area contributed by atoms with Crippen LogP contribution in [0.3, 0.4) is 0 Å². The van der Waals surface area contributed by atoms with E-state index in [2.05, 4.69) is 0 Å². The Bertz CT molecular complexity index is 592. The first-order valence-corrected chi connectivity index (χ1v) is 7.05. The molecule has 0 bridgehead atoms. The fraction of sp³-hybridized carbons (Fsp3) is 0.438. The summed E-state index contributed by atoms with van der Waals surface area (Å²) in [4.78, 5) is 12.6. The van der Waals surface area contributed by atoms with Crippen molar-refractivity contribution in [3.63, 3.8) is 0 Å². The maximum atomic E-state index is 12.6. The Balaban J connectivity index is 1.91. The van der Waals surface area contributed by atoms with Gasteiger partial charge in [-0.2, -0.15) is 0 Å². The number of aliphatic hydroxyl groups excluding tert-OH is 1. The van der Waals surface area contributed by atoms with E-state index in [0.717, 1.165) is 0 Å². The number of Topliss-reactive ketones (excluding diaryl/α,β-unsaturated/α-hetero) is 1. The van der Waals surface area contributed by atoms with Gasteiger partial charge in [0.05, 0.1) is 31.0 Å². The lowest BCUT2D eigenvalue weighted by Crippen LogP contribution is -2.40. The number of carbonyl (C=O) groups is 1. The Kier molecular flexibility index (Phi) is 3.59. The van der Waals surface area contributed by atoms with Crippen molar-refractivity contribution in [2.75, 3.05) is 7.11 Å². The third kappa shape index (κ3) is 2.49. The average molecular weight is 290 g/mol. The third-order valence-electron chi connectivity index (χ3n) is 4.22. The van der Waals surface area contributed by atoms with E-state index in [0.29, 0.717) is 36.1 Å². The number of ether oxygens (including phenoxy) is 2. The van der Waals surface area contributed by atoms with Crippen molar-refractivity contribution in [1.82, 2.24) is 0 Å². The highest BCUT2D eigenvalue weighted by Gasteiger charge is 2.39. The van der Waals surface area contributed by atoms with E-state index in [9.17, 15) is 15.0 Å². The molecule has 2 N–H and O–H groups in total. The maximum absolute atomic E-state index is 12.6. The zero-order chi connectivity index (χ0) is 15.0. The van der Waals surface area contributed by atoms with Crippen LogP contribution in [0.1, 0.15) is 24.8 Å². The van der Waals surface area contributed by atoms with Gasteiger partial charge in [-0.05, 0) is 30.5 Å². The molecule has 0 amide bonds. The number of methoxy groups -OCH3 is 1. The molecule has 1 saturated carbocycles. The number of benzene rings is 1. The Labute approximate surface area is 122 Å². The Morgan fingerprint density at radius 2 is 2.14 bits per heavy atom. The summed E-state index contributed by atoms with van der Waals surface area (Å²) < 4.78 is 10.7. The van der Waals surface area contributed by atoms with Gasteiger partial charge in [0.1, 0.15) is 6.10 Å². The van der Waals surface area contributed by atoms with Crippen molar-refractivity contribution in [1.29, 1.82) is 0 Å². The van der Waals surface area contributed by atoms with Crippen molar-refractivity contribution < 1.29 is 24.5 Å². The second-order valence-corrected chi connectivity index (χ2v) is 5.53. The molecule has 112 valence electrons. The van der Waals surface area contributed by atoms with Gasteiger partial charge in [0.2, 0.25) is 0 Å². The number of phenols is 1. The van der Waals surface area contributed by atoms with E-state index in [-0.39, 0.29) is 29.7 Å². The highest BCUT2D eigenvalue weighted by Crippen LogP contribution is 2.38. The Morgan fingerprint density at radius 1 is 1.33 bits per heavy atom. The number of hydrogen-bond donors (Lipinski definition) is 2. The summed E-state index contributed by atoms with van der Waals surface area (Å²) in [5.41, 5.74) is 1.16. The summed E-state index contributed by atoms with van der Waals surface area (Å²) in [6.07, 6.45) is 2.61. The maximum Gasteiger partial charge on any atom is 0.173 e. The number of aliphatic hydroxyl groups is 1. The van der Waals surface area contributed by atoms with E-state index in [4.69, 9.17) is 9.47 Å². The van der Waals surface area contributed by atoms with Gasteiger partial charge in [-0.3, -0.25) is 4.79 Å². The first-order chi connectivity index (χ1) is 10.1. The lowest BCUT2D eigenvalue weighted by molar-refractivity contribution is -0.126. The van der Waals surface area contributed by atoms with E-state index < -0.39 is 0 Å². The summed E-state index contributed by atoms with van der Waals surface area (Å²) >= 11 is 0. The molecule has 0 radical (unpaired) electrons. The molecule has 3 unspecified atom stereocenters. The number of rotatable bonds is 2. The highest BCUT2D eigenvalue weighted by atomic mass is 16.5. The molecule has 1 heterocycles. The highest BCUT2D eigenvalue weighted by molar-refractivity contribution is 6.22. The molecule has 0 aromatic heterocycles. The molecular formula is C16H18O5. The molecule has 1 fully saturated rings. The van der Waals surface area contributed by atoms with Gasteiger partial charge in [0, 0.05) is 6.42 Å². The van der Waals surface area contributed by atoms with Gasteiger partial charge in [-0.1, -0.05) is 6.07 Å². The van der Waals surface area contributed by atoms with Crippen LogP contribution in [0.5, 0.6) is 11.5 Å². The van der Waals surface area contributed by atoms with Crippen LogP contribution in [-0.4, -0.2) is 35.3 Å². The molecule has 1 aliphatic heterocycles. The summed E-state index contributed by atoms with van der Waals surface area (Å²) in [5.74, 6) is 0.186. The van der Waals surface area contributed by atoms with Crippen LogP contribution in [0.4, 0.5) is 0 Å². The van der Waals surface area contributed by atoms with Gasteiger partial charge in [0.25, 0.3) is 0 Å². The van der Waals surface area contributed by atoms with Crippen molar-refractivity contribution in [3.8, 4) is 11.5 Å². The van der Waals surface area contributed by atoms with Crippen LogP contribution in [0.15, 0.2) is 24.5 Å². The number of hydrogen-bond acceptors (Lipinski definition) is 5. The summed E-state index contributed by atoms with van der Waals surface area (Å²) in [7, 11) is 1.46. The molecule has 5 heteroatoms. The van der Waals surface area contributed by atoms with Crippen molar-refractivity contribution in [2.45, 2.75) is 31.5 Å². The van der Waals surface area contributed by atoms with E-state index in [1.807, 2.05) is 0 Å². The second kappa shape index (κ2) is 5.41. The average Bonchev–Trinajstić information content (AvgIpc) is 2.48. The fourth-order valence-corrected chi connectivity index (χ4v) is 3.03. The van der Waals surface area contributed by atoms with Crippen LogP contribution in [0.25, 0.3) is 5.57 Å². The number of aromatic hydroxyl groups is 1. The van der Waals surface area contributed by atoms with Crippen molar-refractivity contribution >= 4 is 11.4 Å². The first-order valence-electron chi connectivity index (χ1n) is 7.05. The normalized spacial score (nSPS) is 28.4. The zero-order valence-electron chi connectivity index (χ0n) is 11.8. The summed E-state index contributed by atoms with van der Waals surface area (Å²) in [6.45, 7) is 0. The van der Waals surface area contributed by atoms with Crippen molar-refractivity contribution in [2.24, 2.45) is 5.92 Å². The number of carbonyl (C=O) groups excluding carboxylic acids is 1. The molecule has 1 aromatic rings. The molecule has 0 spiro atoms. The molecule has 21 heavy (non-hydrogen) atoms. The van der Waals surface area contributed by atoms with Gasteiger partial charge >= 0.3 is 0 Å². The third-order valence-corrected chi connectivity index (χ3v) is 4.22. The molecule has 1 aromatic carbocycles. The Morgan fingerprint density at radius 3 is 2.90 bits per heavy atom. The van der Waals surface area contributed by atoms with Gasteiger partial charge in [-0.15, -0.1) is 0 Å². The van der Waals surface area contributed by atoms with Gasteiger partial charge in [-0.25, -0.2) is 0 Å². The summed E-state index contributed by atoms with van der Waals surface area (Å²) in [6, 6.07) is 4.79. The van der Waals surface area contributed by atoms with E-state index in [1.165, 1.54) is 19.4 Å². The van der Waals surface area contributed by atoms with Gasteiger partial charge in [0.15, 0.2) is 17.3 Å². The van der Waals surface area contributed by atoms with E-state index >= 15 is 0 Å². The number of allylic oxidation sites excluding steroid dienone is 1. The standard InChI is InChI=1S/C16H18O5/c1-20-15-6-9(2-5-13(15)18)12-8-21-14-7-10(17)3-4-11(14)16(12)19/h2,5-6,8,10-11,14,17-18H,3-4,7H2,1H3. The van der Waals surface area contributed by atoms with E-state index in [1.54, 1.807) is 12.1 Å². The molecule has 0 saturated heterocycles. The topological polar surface area (TPSA) is 76.0 Å². The molecule has 3 rings (SSSR count). The molecule has 3 atom stereocenters. The molecule has 2 aliphatic rings. The number of fused-ring (bicyclic) bond motifs is 1. The van der Waals surface area contributed by atoms with Crippen LogP contribution < -0.4 is 4.74 Å². The predicted molar refractivity (Wildman–Crippen MR) is 75.9 cm³/mol. The monoisotopic (exact) mass is 290 g/mol. The molecule has 1 aliphatic carbocycles. The quantitative estimate of drug-likeness (QED) is 0.869. The lowest BCUT2D eigenvalue weighted by Gasteiger charge is -2.36. The van der Waals surface area contributed by atoms with Crippen LogP contribution in [-0.2, 0) is 9.53 Å². The second-order valence-electron chi connectivity index (χ2n) is 5.53. The number of ketones is 1.